The molecule has 0 aromatic heterocycles. The Labute approximate surface area is 99.7 Å². The molecular weight excluding hydrogens is 213 g/mol. The Morgan fingerprint density at radius 2 is 1.59 bits per heavy atom. The largest absolute Gasteiger partial charge is 0.488 e. The standard InChI is InChI=1S/C13H10BNO2/c15-9-11-3-1-2-4-13(11)10-5-7-12(8-6-10)14(16)17/h1-8,16-17H. The summed E-state index contributed by atoms with van der Waals surface area (Å²) in [6, 6.07) is 16.2. The summed E-state index contributed by atoms with van der Waals surface area (Å²) >= 11 is 0. The van der Waals surface area contributed by atoms with Crippen LogP contribution in [0, 0.1) is 11.3 Å². The molecule has 0 aliphatic rings. The van der Waals surface area contributed by atoms with Crippen molar-refractivity contribution in [2.75, 3.05) is 0 Å². The summed E-state index contributed by atoms with van der Waals surface area (Å²) in [5.74, 6) is 0. The second kappa shape index (κ2) is 4.83. The fourth-order valence-corrected chi connectivity index (χ4v) is 1.67. The van der Waals surface area contributed by atoms with Gasteiger partial charge in [0.1, 0.15) is 0 Å². The van der Waals surface area contributed by atoms with Crippen LogP contribution in [0.3, 0.4) is 0 Å². The van der Waals surface area contributed by atoms with Gasteiger partial charge in [-0.25, -0.2) is 0 Å². The van der Waals surface area contributed by atoms with Crippen molar-refractivity contribution in [3.05, 3.63) is 54.1 Å². The molecule has 0 amide bonds. The first-order chi connectivity index (χ1) is 8.22. The summed E-state index contributed by atoms with van der Waals surface area (Å²) in [7, 11) is -1.46. The maximum absolute atomic E-state index is 8.99. The maximum Gasteiger partial charge on any atom is 0.488 e. The van der Waals surface area contributed by atoms with Crippen LogP contribution in [0.4, 0.5) is 0 Å². The summed E-state index contributed by atoms with van der Waals surface area (Å²) in [5.41, 5.74) is 2.76. The molecule has 0 atom stereocenters. The fourth-order valence-electron chi connectivity index (χ4n) is 1.67. The molecule has 0 bridgehead atoms. The molecule has 0 spiro atoms. The van der Waals surface area contributed by atoms with Crippen molar-refractivity contribution in [3.63, 3.8) is 0 Å². The first-order valence-electron chi connectivity index (χ1n) is 5.18. The molecule has 17 heavy (non-hydrogen) atoms. The van der Waals surface area contributed by atoms with Gasteiger partial charge in [0.25, 0.3) is 0 Å². The highest BCUT2D eigenvalue weighted by atomic mass is 16.4. The van der Waals surface area contributed by atoms with Crippen LogP contribution < -0.4 is 5.46 Å². The lowest BCUT2D eigenvalue weighted by Crippen LogP contribution is -2.29. The zero-order valence-electron chi connectivity index (χ0n) is 9.04. The van der Waals surface area contributed by atoms with Gasteiger partial charge in [-0.2, -0.15) is 5.26 Å². The second-order valence-electron chi connectivity index (χ2n) is 3.65. The van der Waals surface area contributed by atoms with Crippen molar-refractivity contribution in [2.45, 2.75) is 0 Å². The second-order valence-corrected chi connectivity index (χ2v) is 3.65. The molecule has 0 aliphatic heterocycles. The third-order valence-electron chi connectivity index (χ3n) is 2.57. The highest BCUT2D eigenvalue weighted by Gasteiger charge is 2.10. The van der Waals surface area contributed by atoms with E-state index >= 15 is 0 Å². The van der Waals surface area contributed by atoms with Gasteiger partial charge in [-0.05, 0) is 22.7 Å². The molecule has 0 unspecified atom stereocenters. The van der Waals surface area contributed by atoms with Crippen LogP contribution in [-0.4, -0.2) is 17.2 Å². The van der Waals surface area contributed by atoms with Crippen molar-refractivity contribution in [3.8, 4) is 17.2 Å². The minimum absolute atomic E-state index is 0.434. The Bertz CT molecular complexity index is 558. The van der Waals surface area contributed by atoms with Gasteiger partial charge in [0.05, 0.1) is 11.6 Å². The van der Waals surface area contributed by atoms with Crippen molar-refractivity contribution in [1.29, 1.82) is 5.26 Å². The van der Waals surface area contributed by atoms with Gasteiger partial charge in [0.2, 0.25) is 0 Å². The summed E-state index contributed by atoms with van der Waals surface area (Å²) < 4.78 is 0. The molecule has 2 aromatic carbocycles. The molecule has 0 fully saturated rings. The van der Waals surface area contributed by atoms with E-state index in [4.69, 9.17) is 15.3 Å². The van der Waals surface area contributed by atoms with E-state index in [-0.39, 0.29) is 0 Å². The van der Waals surface area contributed by atoms with E-state index in [1.54, 1.807) is 30.3 Å². The molecule has 2 aromatic rings. The first kappa shape index (κ1) is 11.4. The molecule has 2 N–H and O–H groups in total. The lowest BCUT2D eigenvalue weighted by Gasteiger charge is -2.05. The zero-order valence-corrected chi connectivity index (χ0v) is 9.04. The van der Waals surface area contributed by atoms with E-state index < -0.39 is 7.12 Å². The van der Waals surface area contributed by atoms with Gasteiger partial charge in [0, 0.05) is 0 Å². The van der Waals surface area contributed by atoms with Crippen molar-refractivity contribution < 1.29 is 10.0 Å². The van der Waals surface area contributed by atoms with Crippen LogP contribution in [0.2, 0.25) is 0 Å². The van der Waals surface area contributed by atoms with Gasteiger partial charge in [0.15, 0.2) is 0 Å². The number of nitriles is 1. The van der Waals surface area contributed by atoms with Crippen LogP contribution in [0.25, 0.3) is 11.1 Å². The third-order valence-corrected chi connectivity index (χ3v) is 2.57. The molecular formula is C13H10BNO2. The van der Waals surface area contributed by atoms with Crippen molar-refractivity contribution in [1.82, 2.24) is 0 Å². The molecule has 0 saturated carbocycles. The third kappa shape index (κ3) is 2.36. The predicted molar refractivity (Wildman–Crippen MR) is 66.4 cm³/mol. The molecule has 0 radical (unpaired) electrons. The van der Waals surface area contributed by atoms with Crippen LogP contribution in [0.15, 0.2) is 48.5 Å². The molecule has 0 aliphatic carbocycles. The molecule has 2 rings (SSSR count). The van der Waals surface area contributed by atoms with Gasteiger partial charge >= 0.3 is 7.12 Å². The van der Waals surface area contributed by atoms with Gasteiger partial charge < -0.3 is 10.0 Å². The van der Waals surface area contributed by atoms with E-state index in [2.05, 4.69) is 6.07 Å². The predicted octanol–water partition coefficient (Wildman–Crippen LogP) is 0.905. The lowest BCUT2D eigenvalue weighted by atomic mass is 9.79. The number of nitrogens with zero attached hydrogens (tertiary/aromatic N) is 1. The highest BCUT2D eigenvalue weighted by molar-refractivity contribution is 6.58. The fraction of sp³-hybridized carbons (Fsp3) is 0. The number of hydrogen-bond acceptors (Lipinski definition) is 3. The van der Waals surface area contributed by atoms with Crippen LogP contribution >= 0.6 is 0 Å². The number of rotatable bonds is 2. The van der Waals surface area contributed by atoms with E-state index in [0.29, 0.717) is 11.0 Å². The monoisotopic (exact) mass is 223 g/mol. The minimum atomic E-state index is -1.46. The Morgan fingerprint density at radius 3 is 2.18 bits per heavy atom. The maximum atomic E-state index is 8.99. The molecule has 82 valence electrons. The van der Waals surface area contributed by atoms with Gasteiger partial charge in [-0.1, -0.05) is 42.5 Å². The quantitative estimate of drug-likeness (QED) is 0.743. The minimum Gasteiger partial charge on any atom is -0.423 e. The smallest absolute Gasteiger partial charge is 0.423 e. The van der Waals surface area contributed by atoms with E-state index in [1.165, 1.54) is 0 Å². The van der Waals surface area contributed by atoms with Crippen molar-refractivity contribution >= 4 is 12.6 Å². The zero-order chi connectivity index (χ0) is 12.3. The normalized spacial score (nSPS) is 9.71. The molecule has 0 heterocycles. The van der Waals surface area contributed by atoms with E-state index in [0.717, 1.165) is 11.1 Å². The number of hydrogen-bond donors (Lipinski definition) is 2. The summed E-state index contributed by atoms with van der Waals surface area (Å²) in [6.45, 7) is 0. The average Bonchev–Trinajstić information content (AvgIpc) is 2.39. The SMILES string of the molecule is N#Cc1ccccc1-c1ccc(B(O)O)cc1. The Morgan fingerprint density at radius 1 is 0.941 bits per heavy atom. The van der Waals surface area contributed by atoms with E-state index in [9.17, 15) is 0 Å². The van der Waals surface area contributed by atoms with Crippen LogP contribution in [0.1, 0.15) is 5.56 Å². The Balaban J connectivity index is 2.44. The summed E-state index contributed by atoms with van der Waals surface area (Å²) in [6.07, 6.45) is 0. The van der Waals surface area contributed by atoms with Crippen molar-refractivity contribution in [2.24, 2.45) is 0 Å². The molecule has 3 nitrogen and oxygen atoms in total. The summed E-state index contributed by atoms with van der Waals surface area (Å²) in [5, 5.41) is 27.0. The molecule has 4 heteroatoms. The first-order valence-corrected chi connectivity index (χ1v) is 5.18. The Hall–Kier alpha value is -2.09. The van der Waals surface area contributed by atoms with Gasteiger partial charge in [-0.15, -0.1) is 0 Å². The van der Waals surface area contributed by atoms with Crippen LogP contribution in [0.5, 0.6) is 0 Å². The lowest BCUT2D eigenvalue weighted by molar-refractivity contribution is 0.426. The van der Waals surface area contributed by atoms with E-state index in [1.807, 2.05) is 18.2 Å². The topological polar surface area (TPSA) is 64.2 Å². The highest BCUT2D eigenvalue weighted by Crippen LogP contribution is 2.22. The van der Waals surface area contributed by atoms with Gasteiger partial charge in [-0.3, -0.25) is 0 Å². The summed E-state index contributed by atoms with van der Waals surface area (Å²) in [4.78, 5) is 0. The average molecular weight is 223 g/mol. The Kier molecular flexibility index (Phi) is 3.24. The molecule has 0 saturated heterocycles. The van der Waals surface area contributed by atoms with Crippen LogP contribution in [-0.2, 0) is 0 Å². The number of benzene rings is 2.